The van der Waals surface area contributed by atoms with E-state index in [-0.39, 0.29) is 11.3 Å². The minimum absolute atomic E-state index is 0.241. The third-order valence-electron chi connectivity index (χ3n) is 3.14. The standard InChI is InChI=1S/C18H18N2O4/c1-13-4-6-14(7-5-13)11-19-20-12-15-8-9-17(24-23-3)16(10-15)18(21)22-2/h4-12H,1-3H3. The largest absolute Gasteiger partial charge is 0.465 e. The molecular formula is C18H18N2O4. The maximum atomic E-state index is 11.8. The number of hydrogen-bond acceptors (Lipinski definition) is 6. The van der Waals surface area contributed by atoms with E-state index in [4.69, 9.17) is 9.62 Å². The molecule has 0 saturated carbocycles. The van der Waals surface area contributed by atoms with Gasteiger partial charge in [-0.3, -0.25) is 0 Å². The number of nitrogens with zero attached hydrogens (tertiary/aromatic N) is 2. The van der Waals surface area contributed by atoms with Gasteiger partial charge < -0.3 is 9.62 Å². The summed E-state index contributed by atoms with van der Waals surface area (Å²) >= 11 is 0. The van der Waals surface area contributed by atoms with Crippen LogP contribution in [0.1, 0.15) is 27.0 Å². The van der Waals surface area contributed by atoms with Crippen molar-refractivity contribution in [1.29, 1.82) is 0 Å². The average Bonchev–Trinajstić information content (AvgIpc) is 2.61. The smallest absolute Gasteiger partial charge is 0.341 e. The van der Waals surface area contributed by atoms with Crippen LogP contribution in [-0.4, -0.2) is 32.6 Å². The molecule has 0 aromatic heterocycles. The van der Waals surface area contributed by atoms with Gasteiger partial charge in [-0.05, 0) is 36.2 Å². The first-order valence-electron chi connectivity index (χ1n) is 7.20. The van der Waals surface area contributed by atoms with Crippen molar-refractivity contribution in [1.82, 2.24) is 0 Å². The second kappa shape index (κ2) is 8.59. The Morgan fingerprint density at radius 3 is 2.21 bits per heavy atom. The summed E-state index contributed by atoms with van der Waals surface area (Å²) in [4.78, 5) is 21.3. The Hall–Kier alpha value is -2.99. The molecule has 0 saturated heterocycles. The van der Waals surface area contributed by atoms with Gasteiger partial charge in [0.25, 0.3) is 0 Å². The first-order chi connectivity index (χ1) is 11.6. The SMILES string of the molecule is COOc1ccc(C=NN=Cc2ccc(C)cc2)cc1C(=O)OC. The minimum Gasteiger partial charge on any atom is -0.465 e. The molecule has 0 amide bonds. The Bertz CT molecular complexity index is 752. The third kappa shape index (κ3) is 4.76. The van der Waals surface area contributed by atoms with Crippen LogP contribution >= 0.6 is 0 Å². The van der Waals surface area contributed by atoms with E-state index >= 15 is 0 Å². The average molecular weight is 326 g/mol. The highest BCUT2D eigenvalue weighted by Gasteiger charge is 2.14. The molecule has 6 nitrogen and oxygen atoms in total. The molecule has 6 heteroatoms. The van der Waals surface area contributed by atoms with Crippen molar-refractivity contribution < 1.29 is 19.3 Å². The quantitative estimate of drug-likeness (QED) is 0.354. The van der Waals surface area contributed by atoms with E-state index in [1.165, 1.54) is 26.0 Å². The van der Waals surface area contributed by atoms with Crippen molar-refractivity contribution in [2.45, 2.75) is 6.92 Å². The van der Waals surface area contributed by atoms with E-state index < -0.39 is 5.97 Å². The van der Waals surface area contributed by atoms with Gasteiger partial charge in [-0.15, -0.1) is 0 Å². The van der Waals surface area contributed by atoms with Crippen LogP contribution in [0.2, 0.25) is 0 Å². The fourth-order valence-electron chi connectivity index (χ4n) is 1.91. The Labute approximate surface area is 140 Å². The van der Waals surface area contributed by atoms with Gasteiger partial charge >= 0.3 is 5.97 Å². The molecular weight excluding hydrogens is 308 g/mol. The van der Waals surface area contributed by atoms with E-state index in [9.17, 15) is 4.79 Å². The van der Waals surface area contributed by atoms with Crippen molar-refractivity contribution in [3.05, 3.63) is 64.7 Å². The van der Waals surface area contributed by atoms with Crippen molar-refractivity contribution >= 4 is 18.4 Å². The summed E-state index contributed by atoms with van der Waals surface area (Å²) in [5.74, 6) is -0.259. The van der Waals surface area contributed by atoms with Crippen LogP contribution in [0.5, 0.6) is 5.75 Å². The highest BCUT2D eigenvalue weighted by molar-refractivity contribution is 5.95. The molecule has 2 aromatic rings. The molecule has 124 valence electrons. The second-order valence-electron chi connectivity index (χ2n) is 4.90. The van der Waals surface area contributed by atoms with Crippen LogP contribution in [0.15, 0.2) is 52.7 Å². The van der Waals surface area contributed by atoms with Crippen LogP contribution in [0.25, 0.3) is 0 Å². The summed E-state index contributed by atoms with van der Waals surface area (Å²) < 4.78 is 4.72. The summed E-state index contributed by atoms with van der Waals surface area (Å²) in [6.07, 6.45) is 3.19. The predicted molar refractivity (Wildman–Crippen MR) is 91.8 cm³/mol. The molecule has 0 fully saturated rings. The lowest BCUT2D eigenvalue weighted by Crippen LogP contribution is -2.06. The second-order valence-corrected chi connectivity index (χ2v) is 4.90. The third-order valence-corrected chi connectivity index (χ3v) is 3.14. The number of ether oxygens (including phenoxy) is 1. The molecule has 0 N–H and O–H groups in total. The Balaban J connectivity index is 2.13. The van der Waals surface area contributed by atoms with E-state index in [2.05, 4.69) is 15.1 Å². The van der Waals surface area contributed by atoms with Gasteiger partial charge in [-0.25, -0.2) is 4.79 Å². The van der Waals surface area contributed by atoms with Crippen molar-refractivity contribution in [3.63, 3.8) is 0 Å². The molecule has 0 radical (unpaired) electrons. The number of rotatable bonds is 6. The van der Waals surface area contributed by atoms with Gasteiger partial charge in [-0.1, -0.05) is 29.8 Å². The van der Waals surface area contributed by atoms with E-state index in [0.29, 0.717) is 5.56 Å². The van der Waals surface area contributed by atoms with Gasteiger partial charge in [0.1, 0.15) is 5.56 Å². The number of hydrogen-bond donors (Lipinski definition) is 0. The maximum absolute atomic E-state index is 11.8. The Morgan fingerprint density at radius 2 is 1.58 bits per heavy atom. The zero-order valence-corrected chi connectivity index (χ0v) is 13.7. The topological polar surface area (TPSA) is 69.5 Å². The number of benzene rings is 2. The van der Waals surface area contributed by atoms with E-state index in [0.717, 1.165) is 5.56 Å². The minimum atomic E-state index is -0.527. The molecule has 2 rings (SSSR count). The summed E-state index contributed by atoms with van der Waals surface area (Å²) in [6.45, 7) is 2.02. The molecule has 0 bridgehead atoms. The van der Waals surface area contributed by atoms with Crippen LogP contribution in [-0.2, 0) is 9.62 Å². The van der Waals surface area contributed by atoms with Crippen LogP contribution in [0, 0.1) is 6.92 Å². The zero-order valence-electron chi connectivity index (χ0n) is 13.7. The van der Waals surface area contributed by atoms with Crippen molar-refractivity contribution in [2.24, 2.45) is 10.2 Å². The summed E-state index contributed by atoms with van der Waals surface area (Å²) in [6, 6.07) is 12.8. The number of carbonyl (C=O) groups is 1. The molecule has 0 spiro atoms. The van der Waals surface area contributed by atoms with Gasteiger partial charge in [0.15, 0.2) is 5.75 Å². The normalized spacial score (nSPS) is 11.1. The summed E-state index contributed by atoms with van der Waals surface area (Å²) in [7, 11) is 2.65. The Morgan fingerprint density at radius 1 is 0.958 bits per heavy atom. The van der Waals surface area contributed by atoms with Crippen molar-refractivity contribution in [3.8, 4) is 5.75 Å². The lowest BCUT2D eigenvalue weighted by atomic mass is 10.1. The van der Waals surface area contributed by atoms with Crippen LogP contribution in [0.4, 0.5) is 0 Å². The van der Waals surface area contributed by atoms with E-state index in [1.54, 1.807) is 24.4 Å². The summed E-state index contributed by atoms with van der Waals surface area (Å²) in [5, 5.41) is 7.97. The fraction of sp³-hybridized carbons (Fsp3) is 0.167. The van der Waals surface area contributed by atoms with Crippen LogP contribution in [0.3, 0.4) is 0 Å². The number of methoxy groups -OCH3 is 1. The zero-order chi connectivity index (χ0) is 17.4. The molecule has 2 aromatic carbocycles. The Kier molecular flexibility index (Phi) is 6.22. The summed E-state index contributed by atoms with van der Waals surface area (Å²) in [5.41, 5.74) is 3.06. The molecule has 0 aliphatic carbocycles. The first-order valence-corrected chi connectivity index (χ1v) is 7.20. The number of carbonyl (C=O) groups excluding carboxylic acids is 1. The monoisotopic (exact) mass is 326 g/mol. The van der Waals surface area contributed by atoms with E-state index in [1.807, 2.05) is 31.2 Å². The highest BCUT2D eigenvalue weighted by atomic mass is 17.2. The lowest BCUT2D eigenvalue weighted by molar-refractivity contribution is -0.178. The van der Waals surface area contributed by atoms with Gasteiger partial charge in [0.05, 0.1) is 26.6 Å². The fourth-order valence-corrected chi connectivity index (χ4v) is 1.91. The lowest BCUT2D eigenvalue weighted by Gasteiger charge is -2.07. The molecule has 0 heterocycles. The maximum Gasteiger partial charge on any atom is 0.341 e. The molecule has 0 aliphatic rings. The predicted octanol–water partition coefficient (Wildman–Crippen LogP) is 3.17. The van der Waals surface area contributed by atoms with Gasteiger partial charge in [0.2, 0.25) is 0 Å². The van der Waals surface area contributed by atoms with Gasteiger partial charge in [-0.2, -0.15) is 15.1 Å². The molecule has 24 heavy (non-hydrogen) atoms. The first kappa shape index (κ1) is 17.4. The molecule has 0 atom stereocenters. The number of esters is 1. The number of aryl methyl sites for hydroxylation is 1. The molecule has 0 unspecified atom stereocenters. The van der Waals surface area contributed by atoms with Crippen LogP contribution < -0.4 is 4.89 Å². The van der Waals surface area contributed by atoms with Gasteiger partial charge in [0, 0.05) is 0 Å². The van der Waals surface area contributed by atoms with Crippen molar-refractivity contribution in [2.75, 3.05) is 14.2 Å². The molecule has 0 aliphatic heterocycles. The highest BCUT2D eigenvalue weighted by Crippen LogP contribution is 2.20.